The average Bonchev–Trinajstić information content (AvgIpc) is 3.20. The molecule has 1 fully saturated rings. The fourth-order valence-electron chi connectivity index (χ4n) is 4.11. The number of aromatic nitrogens is 2. The Hall–Kier alpha value is -2.29. The minimum absolute atomic E-state index is 0. The van der Waals surface area contributed by atoms with Gasteiger partial charge >= 0.3 is 0 Å². The Bertz CT molecular complexity index is 973. The lowest BCUT2D eigenvalue weighted by atomic mass is 10.1. The summed E-state index contributed by atoms with van der Waals surface area (Å²) in [5, 5.41) is 8.40. The van der Waals surface area contributed by atoms with Gasteiger partial charge in [0.15, 0.2) is 5.96 Å². The van der Waals surface area contributed by atoms with E-state index < -0.39 is 0 Å². The fraction of sp³-hybridized carbons (Fsp3) is 0.417. The maximum Gasteiger partial charge on any atom is 0.191 e. The van der Waals surface area contributed by atoms with Crippen LogP contribution in [-0.4, -0.2) is 48.7 Å². The van der Waals surface area contributed by atoms with Crippen LogP contribution in [0.15, 0.2) is 53.8 Å². The Morgan fingerprint density at radius 1 is 1.19 bits per heavy atom. The topological polar surface area (TPSA) is 68.3 Å². The van der Waals surface area contributed by atoms with Crippen LogP contribution < -0.4 is 15.5 Å². The average molecular weight is 532 g/mol. The summed E-state index contributed by atoms with van der Waals surface area (Å²) < 4.78 is 0. The number of anilines is 1. The molecule has 0 saturated carbocycles. The van der Waals surface area contributed by atoms with E-state index in [1.54, 1.807) is 0 Å². The van der Waals surface area contributed by atoms with Crippen molar-refractivity contribution >= 4 is 46.7 Å². The first-order valence-corrected chi connectivity index (χ1v) is 10.9. The molecule has 4 rings (SSSR count). The summed E-state index contributed by atoms with van der Waals surface area (Å²) in [5.74, 6) is 1.99. The lowest BCUT2D eigenvalue weighted by molar-refractivity contribution is 0.459. The highest BCUT2D eigenvalue weighted by Crippen LogP contribution is 2.19. The van der Waals surface area contributed by atoms with Gasteiger partial charge in [0.25, 0.3) is 0 Å². The van der Waals surface area contributed by atoms with Crippen molar-refractivity contribution in [1.82, 2.24) is 20.6 Å². The molecule has 6 nitrogen and oxygen atoms in total. The molecule has 0 amide bonds. The summed E-state index contributed by atoms with van der Waals surface area (Å²) in [4.78, 5) is 14.7. The number of pyridine rings is 1. The molecule has 1 aromatic carbocycles. The largest absolute Gasteiger partial charge is 0.361 e. The van der Waals surface area contributed by atoms with E-state index in [-0.39, 0.29) is 24.0 Å². The molecular weight excluding hydrogens is 499 g/mol. The third-order valence-electron chi connectivity index (χ3n) is 5.87. The summed E-state index contributed by atoms with van der Waals surface area (Å²) in [6, 6.07) is 13.2. The Balaban J connectivity index is 0.00000272. The van der Waals surface area contributed by atoms with Crippen molar-refractivity contribution < 1.29 is 0 Å². The van der Waals surface area contributed by atoms with Crippen LogP contribution in [-0.2, 0) is 6.42 Å². The zero-order chi connectivity index (χ0) is 20.8. The smallest absolute Gasteiger partial charge is 0.191 e. The van der Waals surface area contributed by atoms with Gasteiger partial charge in [-0.05, 0) is 55.9 Å². The van der Waals surface area contributed by atoms with Crippen LogP contribution in [0.3, 0.4) is 0 Å². The zero-order valence-corrected chi connectivity index (χ0v) is 20.7. The summed E-state index contributed by atoms with van der Waals surface area (Å²) >= 11 is 0. The van der Waals surface area contributed by atoms with Crippen molar-refractivity contribution in [2.75, 3.05) is 31.6 Å². The number of guanidine groups is 1. The predicted octanol–water partition coefficient (Wildman–Crippen LogP) is 4.26. The minimum Gasteiger partial charge on any atom is -0.361 e. The predicted molar refractivity (Wildman–Crippen MR) is 141 cm³/mol. The number of nitrogens with one attached hydrogen (secondary N) is 3. The highest BCUT2D eigenvalue weighted by atomic mass is 127. The Labute approximate surface area is 202 Å². The number of aromatic amines is 1. The second-order valence-electron chi connectivity index (χ2n) is 8.06. The quantitative estimate of drug-likeness (QED) is 0.192. The van der Waals surface area contributed by atoms with Crippen molar-refractivity contribution in [2.24, 2.45) is 4.99 Å². The third kappa shape index (κ3) is 6.12. The molecule has 1 saturated heterocycles. The van der Waals surface area contributed by atoms with Crippen LogP contribution >= 0.6 is 24.0 Å². The molecule has 3 heterocycles. The van der Waals surface area contributed by atoms with Gasteiger partial charge in [-0.15, -0.1) is 24.0 Å². The number of piperidine rings is 1. The number of fused-ring (bicyclic) bond motifs is 1. The summed E-state index contributed by atoms with van der Waals surface area (Å²) in [6.07, 6.45) is 8.38. The highest BCUT2D eigenvalue weighted by Gasteiger charge is 2.20. The van der Waals surface area contributed by atoms with E-state index in [4.69, 9.17) is 0 Å². The van der Waals surface area contributed by atoms with Gasteiger partial charge in [-0.3, -0.25) is 4.99 Å². The number of hydrogen-bond donors (Lipinski definition) is 3. The van der Waals surface area contributed by atoms with Crippen LogP contribution in [0, 0.1) is 6.92 Å². The van der Waals surface area contributed by atoms with E-state index in [0.717, 1.165) is 57.1 Å². The standard InChI is InChI=1S/C24H32N6.HI/c1-18-9-10-23(28-16-18)30-14-11-20(12-15-30)29-24(25-2)26-13-5-6-19-17-27-22-8-4-3-7-21(19)22;/h3-4,7-10,16-17,20,27H,5-6,11-15H2,1-2H3,(H2,25,26,29);1H. The van der Waals surface area contributed by atoms with Gasteiger partial charge in [-0.25, -0.2) is 4.98 Å². The van der Waals surface area contributed by atoms with E-state index in [1.807, 2.05) is 13.2 Å². The first-order chi connectivity index (χ1) is 14.7. The van der Waals surface area contributed by atoms with Crippen LogP contribution in [0.4, 0.5) is 5.82 Å². The van der Waals surface area contributed by atoms with Gasteiger partial charge in [0.05, 0.1) is 0 Å². The molecule has 0 radical (unpaired) electrons. The van der Waals surface area contributed by atoms with Gasteiger partial charge < -0.3 is 20.5 Å². The summed E-state index contributed by atoms with van der Waals surface area (Å²) in [7, 11) is 1.85. The monoisotopic (exact) mass is 532 g/mol. The molecule has 1 aliphatic rings. The number of nitrogens with zero attached hydrogens (tertiary/aromatic N) is 3. The van der Waals surface area contributed by atoms with Crippen molar-refractivity contribution in [3.05, 3.63) is 59.9 Å². The van der Waals surface area contributed by atoms with Gasteiger partial charge in [0.1, 0.15) is 5.82 Å². The van der Waals surface area contributed by atoms with Crippen molar-refractivity contribution in [2.45, 2.75) is 38.6 Å². The van der Waals surface area contributed by atoms with Crippen LogP contribution in [0.2, 0.25) is 0 Å². The normalized spacial score (nSPS) is 15.0. The highest BCUT2D eigenvalue weighted by molar-refractivity contribution is 14.0. The molecule has 166 valence electrons. The number of aryl methyl sites for hydroxylation is 2. The zero-order valence-electron chi connectivity index (χ0n) is 18.4. The molecule has 3 aromatic rings. The van der Waals surface area contributed by atoms with E-state index in [0.29, 0.717) is 6.04 Å². The molecule has 0 unspecified atom stereocenters. The summed E-state index contributed by atoms with van der Waals surface area (Å²) in [6.45, 7) is 5.02. The van der Waals surface area contributed by atoms with Gasteiger partial charge in [-0.2, -0.15) is 0 Å². The Morgan fingerprint density at radius 3 is 2.74 bits per heavy atom. The molecule has 0 aliphatic carbocycles. The molecule has 0 spiro atoms. The van der Waals surface area contributed by atoms with E-state index in [1.165, 1.54) is 22.0 Å². The van der Waals surface area contributed by atoms with E-state index in [9.17, 15) is 0 Å². The summed E-state index contributed by atoms with van der Waals surface area (Å²) in [5.41, 5.74) is 3.80. The van der Waals surface area contributed by atoms with Gasteiger partial charge in [0.2, 0.25) is 0 Å². The lowest BCUT2D eigenvalue weighted by Crippen LogP contribution is -2.49. The number of halogens is 1. The molecule has 1 aliphatic heterocycles. The SMILES string of the molecule is CN=C(NCCCc1c[nH]c2ccccc12)NC1CCN(c2ccc(C)cn2)CC1.I. The minimum atomic E-state index is 0. The molecule has 2 aromatic heterocycles. The number of rotatable bonds is 6. The fourth-order valence-corrected chi connectivity index (χ4v) is 4.11. The number of benzene rings is 1. The lowest BCUT2D eigenvalue weighted by Gasteiger charge is -2.33. The number of aliphatic imine (C=N–C) groups is 1. The maximum atomic E-state index is 4.56. The second kappa shape index (κ2) is 11.4. The molecule has 0 atom stereocenters. The van der Waals surface area contributed by atoms with Crippen molar-refractivity contribution in [3.8, 4) is 0 Å². The van der Waals surface area contributed by atoms with Crippen molar-refractivity contribution in [3.63, 3.8) is 0 Å². The first kappa shape index (κ1) is 23.4. The third-order valence-corrected chi connectivity index (χ3v) is 5.87. The van der Waals surface area contributed by atoms with E-state index >= 15 is 0 Å². The number of H-pyrrole nitrogens is 1. The van der Waals surface area contributed by atoms with Crippen LogP contribution in [0.25, 0.3) is 10.9 Å². The van der Waals surface area contributed by atoms with Crippen LogP contribution in [0.1, 0.15) is 30.4 Å². The first-order valence-electron chi connectivity index (χ1n) is 10.9. The molecule has 7 heteroatoms. The number of hydrogen-bond acceptors (Lipinski definition) is 3. The molecular formula is C24H33IN6. The van der Waals surface area contributed by atoms with Crippen LogP contribution in [0.5, 0.6) is 0 Å². The Morgan fingerprint density at radius 2 is 2.00 bits per heavy atom. The van der Waals surface area contributed by atoms with Crippen molar-refractivity contribution in [1.29, 1.82) is 0 Å². The molecule has 31 heavy (non-hydrogen) atoms. The molecule has 0 bridgehead atoms. The van der Waals surface area contributed by atoms with Gasteiger partial charge in [-0.1, -0.05) is 24.3 Å². The van der Waals surface area contributed by atoms with Gasteiger partial charge in [0, 0.05) is 56.0 Å². The second-order valence-corrected chi connectivity index (χ2v) is 8.06. The molecule has 3 N–H and O–H groups in total. The number of para-hydroxylation sites is 1. The van der Waals surface area contributed by atoms with E-state index in [2.05, 4.69) is 80.0 Å². The Kier molecular flexibility index (Phi) is 8.57. The maximum absolute atomic E-state index is 4.56.